The Morgan fingerprint density at radius 3 is 2.67 bits per heavy atom. The second-order valence-corrected chi connectivity index (χ2v) is 7.00. The molecule has 5 heteroatoms. The number of aryl methyl sites for hydroxylation is 1. The maximum absolute atomic E-state index is 12.4. The predicted octanol–water partition coefficient (Wildman–Crippen LogP) is 3.57. The topological polar surface area (TPSA) is 45.5 Å². The number of hydrogen-bond donors (Lipinski definition) is 1. The minimum atomic E-state index is -0.172. The predicted molar refractivity (Wildman–Crippen MR) is 88.8 cm³/mol. The number of likely N-dealkylation sites (N-methyl/N-ethyl adjacent to an activating group) is 1. The van der Waals surface area contributed by atoms with Crippen LogP contribution in [0.5, 0.6) is 0 Å². The molecule has 0 aliphatic heterocycles. The lowest BCUT2D eigenvalue weighted by atomic mass is 10.0. The smallest absolute Gasteiger partial charge is 0.287 e. The maximum Gasteiger partial charge on any atom is 0.287 e. The van der Waals surface area contributed by atoms with E-state index in [9.17, 15) is 4.79 Å². The number of carbonyl (C=O) groups excluding carboxylic acids is 1. The number of nitrogens with zero attached hydrogens (tertiary/aromatic N) is 1. The molecular formula is C16H21BrN2O2. The third-order valence-corrected chi connectivity index (χ3v) is 4.49. The van der Waals surface area contributed by atoms with Gasteiger partial charge in [-0.1, -0.05) is 15.9 Å². The van der Waals surface area contributed by atoms with Crippen LogP contribution in [0.3, 0.4) is 0 Å². The molecule has 0 aliphatic carbocycles. The summed E-state index contributed by atoms with van der Waals surface area (Å²) < 4.78 is 6.67. The maximum atomic E-state index is 12.4. The van der Waals surface area contributed by atoms with Gasteiger partial charge >= 0.3 is 0 Å². The lowest BCUT2D eigenvalue weighted by Crippen LogP contribution is -2.48. The minimum Gasteiger partial charge on any atom is -0.451 e. The molecule has 2 aromatic rings. The van der Waals surface area contributed by atoms with Gasteiger partial charge in [0.15, 0.2) is 5.76 Å². The SMILES string of the molecule is Cc1c(C(=O)NCC(C)(C)N(C)C)oc2ccc(Br)cc12. The molecule has 0 saturated carbocycles. The van der Waals surface area contributed by atoms with Crippen LogP contribution in [0.2, 0.25) is 0 Å². The summed E-state index contributed by atoms with van der Waals surface area (Å²) in [6.07, 6.45) is 0. The quantitative estimate of drug-likeness (QED) is 0.914. The van der Waals surface area contributed by atoms with Crippen molar-refractivity contribution in [1.29, 1.82) is 0 Å². The molecule has 0 saturated heterocycles. The molecule has 1 aromatic carbocycles. The number of halogens is 1. The van der Waals surface area contributed by atoms with Crippen LogP contribution in [0.15, 0.2) is 27.1 Å². The van der Waals surface area contributed by atoms with Crippen LogP contribution in [0, 0.1) is 6.92 Å². The number of nitrogens with one attached hydrogen (secondary N) is 1. The van der Waals surface area contributed by atoms with E-state index in [1.165, 1.54) is 0 Å². The van der Waals surface area contributed by atoms with Crippen molar-refractivity contribution < 1.29 is 9.21 Å². The molecule has 21 heavy (non-hydrogen) atoms. The summed E-state index contributed by atoms with van der Waals surface area (Å²) in [5.41, 5.74) is 1.48. The molecule has 0 fully saturated rings. The Labute approximate surface area is 133 Å². The zero-order chi connectivity index (χ0) is 15.8. The third kappa shape index (κ3) is 3.30. The fourth-order valence-electron chi connectivity index (χ4n) is 1.94. The van der Waals surface area contributed by atoms with Gasteiger partial charge in [0.25, 0.3) is 5.91 Å². The summed E-state index contributed by atoms with van der Waals surface area (Å²) in [6.45, 7) is 6.62. The molecule has 1 aromatic heterocycles. The molecule has 0 aliphatic rings. The van der Waals surface area contributed by atoms with Crippen LogP contribution in [0.1, 0.15) is 30.0 Å². The zero-order valence-corrected chi connectivity index (χ0v) is 14.7. The Hall–Kier alpha value is -1.33. The van der Waals surface area contributed by atoms with Gasteiger partial charge in [-0.15, -0.1) is 0 Å². The number of hydrogen-bond acceptors (Lipinski definition) is 3. The highest BCUT2D eigenvalue weighted by molar-refractivity contribution is 9.10. The first-order valence-corrected chi connectivity index (χ1v) is 7.66. The van der Waals surface area contributed by atoms with E-state index in [1.807, 2.05) is 39.2 Å². The molecule has 1 heterocycles. The number of rotatable bonds is 4. The monoisotopic (exact) mass is 352 g/mol. The van der Waals surface area contributed by atoms with Crippen molar-refractivity contribution in [2.24, 2.45) is 0 Å². The lowest BCUT2D eigenvalue weighted by molar-refractivity contribution is 0.0893. The average Bonchev–Trinajstić information content (AvgIpc) is 2.73. The van der Waals surface area contributed by atoms with Crippen molar-refractivity contribution in [3.63, 3.8) is 0 Å². The van der Waals surface area contributed by atoms with Crippen LogP contribution in [0.4, 0.5) is 0 Å². The van der Waals surface area contributed by atoms with Gasteiger partial charge in [0.05, 0.1) is 0 Å². The van der Waals surface area contributed by atoms with Gasteiger partial charge in [0.2, 0.25) is 0 Å². The fraction of sp³-hybridized carbons (Fsp3) is 0.438. The van der Waals surface area contributed by atoms with Gasteiger partial charge in [-0.25, -0.2) is 0 Å². The average molecular weight is 353 g/mol. The van der Waals surface area contributed by atoms with Gasteiger partial charge < -0.3 is 14.6 Å². The molecule has 114 valence electrons. The minimum absolute atomic E-state index is 0.112. The van der Waals surface area contributed by atoms with E-state index < -0.39 is 0 Å². The van der Waals surface area contributed by atoms with Crippen molar-refractivity contribution in [3.05, 3.63) is 34.0 Å². The summed E-state index contributed by atoms with van der Waals surface area (Å²) >= 11 is 3.44. The van der Waals surface area contributed by atoms with Gasteiger partial charge in [-0.2, -0.15) is 0 Å². The third-order valence-electron chi connectivity index (χ3n) is 4.00. The van der Waals surface area contributed by atoms with Crippen molar-refractivity contribution >= 4 is 32.8 Å². The molecule has 4 nitrogen and oxygen atoms in total. The van der Waals surface area contributed by atoms with E-state index in [2.05, 4.69) is 40.0 Å². The van der Waals surface area contributed by atoms with E-state index in [1.54, 1.807) is 0 Å². The van der Waals surface area contributed by atoms with Crippen LogP contribution in [-0.2, 0) is 0 Å². The number of amides is 1. The second-order valence-electron chi connectivity index (χ2n) is 6.09. The molecule has 0 radical (unpaired) electrons. The van der Waals surface area contributed by atoms with Gasteiger partial charge in [0, 0.05) is 27.5 Å². The zero-order valence-electron chi connectivity index (χ0n) is 13.1. The van der Waals surface area contributed by atoms with Gasteiger partial charge in [-0.3, -0.25) is 4.79 Å². The van der Waals surface area contributed by atoms with Crippen LogP contribution in [0.25, 0.3) is 11.0 Å². The molecule has 1 N–H and O–H groups in total. The molecule has 0 bridgehead atoms. The lowest BCUT2D eigenvalue weighted by Gasteiger charge is -2.32. The van der Waals surface area contributed by atoms with E-state index in [-0.39, 0.29) is 11.4 Å². The van der Waals surface area contributed by atoms with E-state index in [4.69, 9.17) is 4.42 Å². The standard InChI is InChI=1S/C16H21BrN2O2/c1-10-12-8-11(17)6-7-13(12)21-14(10)15(20)18-9-16(2,3)19(4)5/h6-8H,9H2,1-5H3,(H,18,20). The molecule has 1 amide bonds. The summed E-state index contributed by atoms with van der Waals surface area (Å²) in [5, 5.41) is 3.91. The number of furan rings is 1. The first kappa shape index (κ1) is 16.0. The molecular weight excluding hydrogens is 332 g/mol. The van der Waals surface area contributed by atoms with Crippen LogP contribution < -0.4 is 5.32 Å². The Bertz CT molecular complexity index is 674. The van der Waals surface area contributed by atoms with Gasteiger partial charge in [-0.05, 0) is 53.1 Å². The van der Waals surface area contributed by atoms with Crippen LogP contribution in [-0.4, -0.2) is 37.0 Å². The van der Waals surface area contributed by atoms with Crippen LogP contribution >= 0.6 is 15.9 Å². The molecule has 2 rings (SSSR count). The Balaban J connectivity index is 2.22. The van der Waals surface area contributed by atoms with Gasteiger partial charge in [0.1, 0.15) is 5.58 Å². The number of benzene rings is 1. The number of carbonyl (C=O) groups is 1. The van der Waals surface area contributed by atoms with Crippen molar-refractivity contribution in [2.45, 2.75) is 26.3 Å². The summed E-state index contributed by atoms with van der Waals surface area (Å²) in [7, 11) is 3.99. The van der Waals surface area contributed by atoms with E-state index >= 15 is 0 Å². The summed E-state index contributed by atoms with van der Waals surface area (Å²) in [5.74, 6) is 0.215. The van der Waals surface area contributed by atoms with Crippen molar-refractivity contribution in [1.82, 2.24) is 10.2 Å². The van der Waals surface area contributed by atoms with Crippen molar-refractivity contribution in [2.75, 3.05) is 20.6 Å². The summed E-state index contributed by atoms with van der Waals surface area (Å²) in [4.78, 5) is 14.4. The largest absolute Gasteiger partial charge is 0.451 e. The van der Waals surface area contributed by atoms with E-state index in [0.717, 1.165) is 21.0 Å². The highest BCUT2D eigenvalue weighted by atomic mass is 79.9. The van der Waals surface area contributed by atoms with E-state index in [0.29, 0.717) is 12.3 Å². The normalized spacial score (nSPS) is 12.1. The fourth-order valence-corrected chi connectivity index (χ4v) is 2.31. The Morgan fingerprint density at radius 2 is 2.05 bits per heavy atom. The number of fused-ring (bicyclic) bond motifs is 1. The summed E-state index contributed by atoms with van der Waals surface area (Å²) in [6, 6.07) is 5.74. The Morgan fingerprint density at radius 1 is 1.38 bits per heavy atom. The highest BCUT2D eigenvalue weighted by Crippen LogP contribution is 2.28. The highest BCUT2D eigenvalue weighted by Gasteiger charge is 2.23. The Kier molecular flexibility index (Phi) is 4.44. The molecule has 0 spiro atoms. The second kappa shape index (κ2) is 5.81. The first-order valence-electron chi connectivity index (χ1n) is 6.86. The van der Waals surface area contributed by atoms with Crippen molar-refractivity contribution in [3.8, 4) is 0 Å². The molecule has 0 atom stereocenters. The molecule has 0 unspecified atom stereocenters. The first-order chi connectivity index (χ1) is 9.72.